The minimum Gasteiger partial charge on any atom is -0.321 e. The van der Waals surface area contributed by atoms with Gasteiger partial charge in [-0.2, -0.15) is 0 Å². The summed E-state index contributed by atoms with van der Waals surface area (Å²) < 4.78 is 2.40. The average molecular weight is 335 g/mol. The molecule has 0 saturated carbocycles. The molecule has 1 aromatic heterocycles. The van der Waals surface area contributed by atoms with E-state index in [-0.39, 0.29) is 11.5 Å². The van der Waals surface area contributed by atoms with Crippen LogP contribution in [0.4, 0.5) is 5.69 Å². The summed E-state index contributed by atoms with van der Waals surface area (Å²) in [5.41, 5.74) is 2.03. The first-order valence-corrected chi connectivity index (χ1v) is 7.08. The van der Waals surface area contributed by atoms with E-state index in [4.69, 9.17) is 0 Å². The van der Waals surface area contributed by atoms with Crippen molar-refractivity contribution >= 4 is 27.5 Å². The molecule has 104 valence electrons. The quantitative estimate of drug-likeness (QED) is 0.937. The second-order valence-corrected chi connectivity index (χ2v) is 5.37. The number of hydrogen-bond acceptors (Lipinski definition) is 2. The van der Waals surface area contributed by atoms with Crippen LogP contribution in [0.25, 0.3) is 0 Å². The molecule has 0 radical (unpaired) electrons. The number of nitrogens with one attached hydrogen (secondary N) is 1. The predicted octanol–water partition coefficient (Wildman–Crippen LogP) is 3.19. The maximum Gasteiger partial charge on any atom is 0.256 e. The molecule has 2 rings (SSSR count). The van der Waals surface area contributed by atoms with E-state index in [0.29, 0.717) is 17.8 Å². The first kappa shape index (κ1) is 14.5. The smallest absolute Gasteiger partial charge is 0.256 e. The summed E-state index contributed by atoms with van der Waals surface area (Å²) in [6, 6.07) is 8.61. The van der Waals surface area contributed by atoms with Crippen LogP contribution in [0.1, 0.15) is 22.8 Å². The van der Waals surface area contributed by atoms with Gasteiger partial charge in [-0.05, 0) is 37.6 Å². The zero-order chi connectivity index (χ0) is 14.7. The van der Waals surface area contributed by atoms with Gasteiger partial charge in [0, 0.05) is 28.8 Å². The fourth-order valence-electron chi connectivity index (χ4n) is 1.89. The van der Waals surface area contributed by atoms with Crippen molar-refractivity contribution < 1.29 is 4.79 Å². The number of aromatic nitrogens is 1. The molecule has 5 heteroatoms. The first-order valence-electron chi connectivity index (χ1n) is 6.29. The maximum absolute atomic E-state index is 12.3. The summed E-state index contributed by atoms with van der Waals surface area (Å²) in [7, 11) is 0. The lowest BCUT2D eigenvalue weighted by atomic mass is 10.1. The number of aryl methyl sites for hydroxylation is 2. The van der Waals surface area contributed by atoms with Crippen molar-refractivity contribution in [3.8, 4) is 0 Å². The monoisotopic (exact) mass is 334 g/mol. The highest BCUT2D eigenvalue weighted by Crippen LogP contribution is 2.17. The molecule has 1 amide bonds. The molecule has 0 spiro atoms. The first-order chi connectivity index (χ1) is 9.51. The number of hydrogen-bond donors (Lipinski definition) is 1. The number of carbonyl (C=O) groups is 1. The van der Waals surface area contributed by atoms with Crippen LogP contribution in [-0.4, -0.2) is 10.5 Å². The second kappa shape index (κ2) is 6.05. The van der Waals surface area contributed by atoms with Gasteiger partial charge in [-0.25, -0.2) is 0 Å². The summed E-state index contributed by atoms with van der Waals surface area (Å²) >= 11 is 3.36. The highest BCUT2D eigenvalue weighted by Gasteiger charge is 2.10. The third-order valence-electron chi connectivity index (χ3n) is 3.03. The molecular formula is C15H15BrN2O2. The zero-order valence-corrected chi connectivity index (χ0v) is 12.9. The Bertz CT molecular complexity index is 707. The topological polar surface area (TPSA) is 51.1 Å². The van der Waals surface area contributed by atoms with Gasteiger partial charge >= 0.3 is 0 Å². The lowest BCUT2D eigenvalue weighted by Crippen LogP contribution is -2.20. The Morgan fingerprint density at radius 1 is 1.30 bits per heavy atom. The van der Waals surface area contributed by atoms with Gasteiger partial charge in [0.1, 0.15) is 0 Å². The molecule has 0 aliphatic heterocycles. The third-order valence-corrected chi connectivity index (χ3v) is 3.52. The molecule has 1 N–H and O–H groups in total. The lowest BCUT2D eigenvalue weighted by molar-refractivity contribution is 0.102. The highest BCUT2D eigenvalue weighted by molar-refractivity contribution is 9.10. The normalized spacial score (nSPS) is 10.3. The number of pyridine rings is 1. The number of benzene rings is 1. The Hall–Kier alpha value is -1.88. The van der Waals surface area contributed by atoms with E-state index < -0.39 is 0 Å². The second-order valence-electron chi connectivity index (χ2n) is 4.46. The van der Waals surface area contributed by atoms with Gasteiger partial charge in [0.25, 0.3) is 11.5 Å². The number of carbonyl (C=O) groups excluding carboxylic acids is 1. The van der Waals surface area contributed by atoms with Crippen molar-refractivity contribution in [2.75, 3.05) is 5.32 Å². The van der Waals surface area contributed by atoms with Crippen LogP contribution in [0.15, 0.2) is 45.8 Å². The molecular weight excluding hydrogens is 320 g/mol. The standard InChI is InChI=1S/C15H15BrN2O2/c1-3-18-9-12(6-7-14(18)19)17-15(20)13-8-11(16)5-4-10(13)2/h4-9H,3H2,1-2H3,(H,17,20). The molecule has 0 aliphatic rings. The highest BCUT2D eigenvalue weighted by atomic mass is 79.9. The van der Waals surface area contributed by atoms with Crippen LogP contribution in [0, 0.1) is 6.92 Å². The Morgan fingerprint density at radius 2 is 2.05 bits per heavy atom. The molecule has 20 heavy (non-hydrogen) atoms. The van der Waals surface area contributed by atoms with Crippen molar-refractivity contribution in [1.82, 2.24) is 4.57 Å². The SMILES string of the molecule is CCn1cc(NC(=O)c2cc(Br)ccc2C)ccc1=O. The van der Waals surface area contributed by atoms with E-state index in [9.17, 15) is 9.59 Å². The molecule has 0 unspecified atom stereocenters. The maximum atomic E-state index is 12.3. The van der Waals surface area contributed by atoms with Crippen LogP contribution < -0.4 is 10.9 Å². The van der Waals surface area contributed by atoms with Crippen molar-refractivity contribution in [3.05, 3.63) is 62.5 Å². The Balaban J connectivity index is 2.28. The molecule has 1 heterocycles. The molecule has 4 nitrogen and oxygen atoms in total. The summed E-state index contributed by atoms with van der Waals surface area (Å²) in [4.78, 5) is 23.8. The van der Waals surface area contributed by atoms with Crippen molar-refractivity contribution in [1.29, 1.82) is 0 Å². The average Bonchev–Trinajstić information content (AvgIpc) is 2.43. The van der Waals surface area contributed by atoms with Crippen LogP contribution in [0.3, 0.4) is 0 Å². The van der Waals surface area contributed by atoms with Gasteiger partial charge < -0.3 is 9.88 Å². The summed E-state index contributed by atoms with van der Waals surface area (Å²) in [6.45, 7) is 4.33. The van der Waals surface area contributed by atoms with E-state index in [1.54, 1.807) is 22.9 Å². The van der Waals surface area contributed by atoms with E-state index in [1.807, 2.05) is 26.0 Å². The van der Waals surface area contributed by atoms with Crippen LogP contribution in [0.2, 0.25) is 0 Å². The van der Waals surface area contributed by atoms with E-state index in [1.165, 1.54) is 6.07 Å². The minimum absolute atomic E-state index is 0.0795. The number of amides is 1. The number of anilines is 1. The minimum atomic E-state index is -0.190. The Kier molecular flexibility index (Phi) is 4.39. The van der Waals surface area contributed by atoms with E-state index in [2.05, 4.69) is 21.2 Å². The summed E-state index contributed by atoms with van der Waals surface area (Å²) in [5, 5.41) is 2.81. The molecule has 2 aromatic rings. The van der Waals surface area contributed by atoms with Crippen LogP contribution in [0.5, 0.6) is 0 Å². The van der Waals surface area contributed by atoms with Gasteiger partial charge in [-0.15, -0.1) is 0 Å². The number of halogens is 1. The van der Waals surface area contributed by atoms with E-state index >= 15 is 0 Å². The van der Waals surface area contributed by atoms with Crippen LogP contribution >= 0.6 is 15.9 Å². The van der Waals surface area contributed by atoms with Gasteiger partial charge in [-0.3, -0.25) is 9.59 Å². The van der Waals surface area contributed by atoms with Crippen molar-refractivity contribution in [3.63, 3.8) is 0 Å². The summed E-state index contributed by atoms with van der Waals surface area (Å²) in [6.07, 6.45) is 1.65. The molecule has 0 saturated heterocycles. The number of nitrogens with zero attached hydrogens (tertiary/aromatic N) is 1. The molecule has 0 fully saturated rings. The Morgan fingerprint density at radius 3 is 2.75 bits per heavy atom. The molecule has 0 bridgehead atoms. The predicted molar refractivity (Wildman–Crippen MR) is 83.2 cm³/mol. The third kappa shape index (κ3) is 3.17. The largest absolute Gasteiger partial charge is 0.321 e. The fourth-order valence-corrected chi connectivity index (χ4v) is 2.25. The van der Waals surface area contributed by atoms with Crippen LogP contribution in [-0.2, 0) is 6.54 Å². The lowest BCUT2D eigenvalue weighted by Gasteiger charge is -2.10. The van der Waals surface area contributed by atoms with Crippen molar-refractivity contribution in [2.45, 2.75) is 20.4 Å². The fraction of sp³-hybridized carbons (Fsp3) is 0.200. The van der Waals surface area contributed by atoms with E-state index in [0.717, 1.165) is 10.0 Å². The van der Waals surface area contributed by atoms with Gasteiger partial charge in [-0.1, -0.05) is 22.0 Å². The summed E-state index contributed by atoms with van der Waals surface area (Å²) in [5.74, 6) is -0.190. The Labute approximate surface area is 125 Å². The molecule has 0 atom stereocenters. The molecule has 0 aliphatic carbocycles. The van der Waals surface area contributed by atoms with Crippen molar-refractivity contribution in [2.24, 2.45) is 0 Å². The van der Waals surface area contributed by atoms with Gasteiger partial charge in [0.15, 0.2) is 0 Å². The van der Waals surface area contributed by atoms with Gasteiger partial charge in [0.2, 0.25) is 0 Å². The van der Waals surface area contributed by atoms with Gasteiger partial charge in [0.05, 0.1) is 5.69 Å². The zero-order valence-electron chi connectivity index (χ0n) is 11.3. The number of rotatable bonds is 3. The molecule has 1 aromatic carbocycles.